The lowest BCUT2D eigenvalue weighted by atomic mass is 10.0. The van der Waals surface area contributed by atoms with Crippen LogP contribution in [0.15, 0.2) is 46.6 Å². The van der Waals surface area contributed by atoms with Gasteiger partial charge in [0.15, 0.2) is 0 Å². The molecule has 134 valence electrons. The average Bonchev–Trinajstić information content (AvgIpc) is 2.49. The summed E-state index contributed by atoms with van der Waals surface area (Å²) in [5, 5.41) is 0.971. The zero-order valence-electron chi connectivity index (χ0n) is 16.6. The fourth-order valence-electron chi connectivity index (χ4n) is 2.12. The standard InChI is InChI=1S/C20H33Br.C2H6/c1-17(2)9-6-10-18(3)11-7-12-19(4)13-8-14-20(5)15-16-21;1-2/h9,11,13,15H,6-8,10,12,14,16H2,1-5H3;1-2H3/b18-11+,19-13+,20-15+;. The van der Waals surface area contributed by atoms with E-state index in [0.29, 0.717) is 0 Å². The topological polar surface area (TPSA) is 0 Å². The van der Waals surface area contributed by atoms with Gasteiger partial charge in [0.1, 0.15) is 0 Å². The van der Waals surface area contributed by atoms with Crippen molar-refractivity contribution in [1.82, 2.24) is 0 Å². The van der Waals surface area contributed by atoms with Gasteiger partial charge in [-0.15, -0.1) is 0 Å². The van der Waals surface area contributed by atoms with Gasteiger partial charge in [0.25, 0.3) is 0 Å². The van der Waals surface area contributed by atoms with Crippen molar-refractivity contribution in [2.45, 2.75) is 87.0 Å². The molecule has 1 heteroatoms. The SMILES string of the molecule is CC.CC(C)=CCC/C(C)=C/CC/C(C)=C/CC/C(C)=C/CBr. The first-order valence-corrected chi connectivity index (χ1v) is 10.2. The van der Waals surface area contributed by atoms with E-state index in [1.807, 2.05) is 13.8 Å². The lowest BCUT2D eigenvalue weighted by Crippen LogP contribution is -1.82. The van der Waals surface area contributed by atoms with Gasteiger partial charge >= 0.3 is 0 Å². The van der Waals surface area contributed by atoms with Crippen LogP contribution >= 0.6 is 15.9 Å². The molecule has 0 aliphatic heterocycles. The number of alkyl halides is 1. The van der Waals surface area contributed by atoms with E-state index in [-0.39, 0.29) is 0 Å². The highest BCUT2D eigenvalue weighted by atomic mass is 79.9. The number of rotatable bonds is 10. The smallest absolute Gasteiger partial charge is 0.0214 e. The highest BCUT2D eigenvalue weighted by Gasteiger charge is 1.93. The van der Waals surface area contributed by atoms with Gasteiger partial charge < -0.3 is 0 Å². The molecule has 0 fully saturated rings. The molecule has 0 radical (unpaired) electrons. The summed E-state index contributed by atoms with van der Waals surface area (Å²) in [6, 6.07) is 0. The Hall–Kier alpha value is -0.560. The van der Waals surface area contributed by atoms with Crippen molar-refractivity contribution in [2.24, 2.45) is 0 Å². The summed E-state index contributed by atoms with van der Waals surface area (Å²) in [7, 11) is 0. The van der Waals surface area contributed by atoms with Gasteiger partial charge in [0.2, 0.25) is 0 Å². The zero-order valence-corrected chi connectivity index (χ0v) is 18.2. The van der Waals surface area contributed by atoms with E-state index in [1.165, 1.54) is 60.8 Å². The normalized spacial score (nSPS) is 12.6. The van der Waals surface area contributed by atoms with Crippen LogP contribution in [0.2, 0.25) is 0 Å². The summed E-state index contributed by atoms with van der Waals surface area (Å²) in [4.78, 5) is 0. The van der Waals surface area contributed by atoms with Crippen molar-refractivity contribution >= 4 is 15.9 Å². The molecule has 0 spiro atoms. The number of halogens is 1. The Morgan fingerprint density at radius 2 is 0.957 bits per heavy atom. The lowest BCUT2D eigenvalue weighted by molar-refractivity contribution is 0.899. The van der Waals surface area contributed by atoms with Crippen LogP contribution in [0.1, 0.15) is 87.0 Å². The summed E-state index contributed by atoms with van der Waals surface area (Å²) in [5.41, 5.74) is 5.95. The molecule has 0 nitrogen and oxygen atoms in total. The largest absolute Gasteiger partial charge is 0.0883 e. The van der Waals surface area contributed by atoms with E-state index in [2.05, 4.69) is 74.9 Å². The fourth-order valence-corrected chi connectivity index (χ4v) is 2.67. The molecule has 0 N–H and O–H groups in total. The van der Waals surface area contributed by atoms with Gasteiger partial charge in [-0.05, 0) is 73.1 Å². The first-order chi connectivity index (χ1) is 11.0. The summed E-state index contributed by atoms with van der Waals surface area (Å²) in [5.74, 6) is 0. The Morgan fingerprint density at radius 1 is 0.609 bits per heavy atom. The van der Waals surface area contributed by atoms with Crippen LogP contribution in [0.3, 0.4) is 0 Å². The first-order valence-electron chi connectivity index (χ1n) is 9.12. The number of allylic oxidation sites excluding steroid dienone is 8. The summed E-state index contributed by atoms with van der Waals surface area (Å²) in [6.45, 7) is 15.1. The monoisotopic (exact) mass is 382 g/mol. The van der Waals surface area contributed by atoms with Crippen LogP contribution < -0.4 is 0 Å². The minimum Gasteiger partial charge on any atom is -0.0883 e. The molecular formula is C22H39Br. The summed E-state index contributed by atoms with van der Waals surface area (Å²) < 4.78 is 0. The Balaban J connectivity index is 0. The van der Waals surface area contributed by atoms with Crippen molar-refractivity contribution in [3.63, 3.8) is 0 Å². The van der Waals surface area contributed by atoms with Crippen molar-refractivity contribution in [2.75, 3.05) is 5.33 Å². The minimum atomic E-state index is 0.971. The Labute approximate surface area is 155 Å². The molecular weight excluding hydrogens is 344 g/mol. The molecule has 0 amide bonds. The van der Waals surface area contributed by atoms with Crippen molar-refractivity contribution < 1.29 is 0 Å². The highest BCUT2D eigenvalue weighted by Crippen LogP contribution is 2.13. The van der Waals surface area contributed by atoms with Crippen LogP contribution in [0, 0.1) is 0 Å². The molecule has 0 aliphatic carbocycles. The van der Waals surface area contributed by atoms with Crippen LogP contribution in [0.5, 0.6) is 0 Å². The van der Waals surface area contributed by atoms with Crippen LogP contribution in [-0.2, 0) is 0 Å². The average molecular weight is 383 g/mol. The van der Waals surface area contributed by atoms with E-state index in [4.69, 9.17) is 0 Å². The van der Waals surface area contributed by atoms with Crippen molar-refractivity contribution in [3.8, 4) is 0 Å². The Bertz CT molecular complexity index is 390. The van der Waals surface area contributed by atoms with Gasteiger partial charge in [-0.25, -0.2) is 0 Å². The maximum atomic E-state index is 3.44. The minimum absolute atomic E-state index is 0.971. The zero-order chi connectivity index (χ0) is 18.1. The molecule has 0 aromatic rings. The quantitative estimate of drug-likeness (QED) is 0.262. The maximum absolute atomic E-state index is 3.44. The third kappa shape index (κ3) is 19.4. The molecule has 0 aromatic carbocycles. The van der Waals surface area contributed by atoms with E-state index >= 15 is 0 Å². The van der Waals surface area contributed by atoms with Gasteiger partial charge in [0, 0.05) is 5.33 Å². The predicted octanol–water partition coefficient (Wildman–Crippen LogP) is 8.55. The molecule has 0 atom stereocenters. The second-order valence-electron chi connectivity index (χ2n) is 6.20. The molecule has 0 saturated heterocycles. The summed E-state index contributed by atoms with van der Waals surface area (Å²) >= 11 is 3.44. The molecule has 0 unspecified atom stereocenters. The Kier molecular flexibility index (Phi) is 19.1. The van der Waals surface area contributed by atoms with Gasteiger partial charge in [-0.1, -0.05) is 76.4 Å². The molecule has 0 saturated carbocycles. The van der Waals surface area contributed by atoms with E-state index in [9.17, 15) is 0 Å². The number of hydrogen-bond acceptors (Lipinski definition) is 0. The third-order valence-corrected chi connectivity index (χ3v) is 3.90. The third-order valence-electron chi connectivity index (χ3n) is 3.58. The maximum Gasteiger partial charge on any atom is 0.0214 e. The molecule has 0 bridgehead atoms. The Morgan fingerprint density at radius 3 is 1.30 bits per heavy atom. The van der Waals surface area contributed by atoms with E-state index in [0.717, 1.165) is 5.33 Å². The van der Waals surface area contributed by atoms with Crippen LogP contribution in [0.25, 0.3) is 0 Å². The second-order valence-corrected chi connectivity index (χ2v) is 6.85. The van der Waals surface area contributed by atoms with Crippen molar-refractivity contribution in [3.05, 3.63) is 46.6 Å². The van der Waals surface area contributed by atoms with Crippen LogP contribution in [-0.4, -0.2) is 5.33 Å². The van der Waals surface area contributed by atoms with Gasteiger partial charge in [0.05, 0.1) is 0 Å². The van der Waals surface area contributed by atoms with Crippen molar-refractivity contribution in [1.29, 1.82) is 0 Å². The van der Waals surface area contributed by atoms with Gasteiger partial charge in [-0.3, -0.25) is 0 Å². The molecule has 0 aromatic heterocycles. The fraction of sp³-hybridized carbons (Fsp3) is 0.636. The molecule has 23 heavy (non-hydrogen) atoms. The second kappa shape index (κ2) is 17.8. The molecule has 0 heterocycles. The van der Waals surface area contributed by atoms with E-state index < -0.39 is 0 Å². The highest BCUT2D eigenvalue weighted by molar-refractivity contribution is 9.09. The lowest BCUT2D eigenvalue weighted by Gasteiger charge is -2.02. The molecule has 0 aliphatic rings. The first kappa shape index (κ1) is 24.7. The van der Waals surface area contributed by atoms with Crippen LogP contribution in [0.4, 0.5) is 0 Å². The number of hydrogen-bond donors (Lipinski definition) is 0. The molecule has 0 rings (SSSR count). The summed E-state index contributed by atoms with van der Waals surface area (Å²) in [6.07, 6.45) is 16.5. The van der Waals surface area contributed by atoms with Gasteiger partial charge in [-0.2, -0.15) is 0 Å². The predicted molar refractivity (Wildman–Crippen MR) is 114 cm³/mol. The van der Waals surface area contributed by atoms with E-state index in [1.54, 1.807) is 0 Å².